The van der Waals surface area contributed by atoms with Crippen LogP contribution in [0.4, 0.5) is 0 Å². The van der Waals surface area contributed by atoms with Crippen molar-refractivity contribution >= 4 is 5.97 Å². The fourth-order valence-electron chi connectivity index (χ4n) is 1.30. The van der Waals surface area contributed by atoms with Crippen LogP contribution in [0.2, 0.25) is 0 Å². The van der Waals surface area contributed by atoms with E-state index in [9.17, 15) is 4.79 Å². The van der Waals surface area contributed by atoms with Gasteiger partial charge in [-0.2, -0.15) is 0 Å². The summed E-state index contributed by atoms with van der Waals surface area (Å²) in [7, 11) is 0. The van der Waals surface area contributed by atoms with Gasteiger partial charge >= 0.3 is 5.97 Å². The third-order valence-electron chi connectivity index (χ3n) is 2.66. The van der Waals surface area contributed by atoms with Crippen LogP contribution in [0, 0.1) is 5.92 Å². The topological polar surface area (TPSA) is 46.5 Å². The Kier molecular flexibility index (Phi) is 4.83. The van der Waals surface area contributed by atoms with Crippen molar-refractivity contribution < 1.29 is 14.6 Å². The maximum absolute atomic E-state index is 10.7. The summed E-state index contributed by atoms with van der Waals surface area (Å²) in [5.74, 6) is 0.346. The van der Waals surface area contributed by atoms with Gasteiger partial charge in [-0.15, -0.1) is 0 Å². The van der Waals surface area contributed by atoms with Crippen LogP contribution in [0.25, 0.3) is 0 Å². The zero-order chi connectivity index (χ0) is 12.0. The monoisotopic (exact) mass is 222 g/mol. The largest absolute Gasteiger partial charge is 0.494 e. The molecule has 3 heteroatoms. The molecule has 1 atom stereocenters. The highest BCUT2D eigenvalue weighted by Crippen LogP contribution is 2.15. The van der Waals surface area contributed by atoms with E-state index in [1.54, 1.807) is 24.3 Å². The molecule has 0 aliphatic heterocycles. The minimum atomic E-state index is -0.924. The number of rotatable bonds is 6. The first-order chi connectivity index (χ1) is 7.63. The average molecular weight is 222 g/mol. The van der Waals surface area contributed by atoms with E-state index in [0.717, 1.165) is 12.8 Å². The van der Waals surface area contributed by atoms with Crippen LogP contribution < -0.4 is 4.74 Å². The molecule has 88 valence electrons. The molecule has 0 heterocycles. The number of ether oxygens (including phenoxy) is 1. The van der Waals surface area contributed by atoms with E-state index in [0.29, 0.717) is 18.3 Å². The number of hydrogen-bond acceptors (Lipinski definition) is 2. The summed E-state index contributed by atoms with van der Waals surface area (Å²) in [6.07, 6.45) is 2.13. The summed E-state index contributed by atoms with van der Waals surface area (Å²) >= 11 is 0. The maximum atomic E-state index is 10.7. The lowest BCUT2D eigenvalue weighted by atomic mass is 10.1. The lowest BCUT2D eigenvalue weighted by Gasteiger charge is -2.10. The Morgan fingerprint density at radius 1 is 1.50 bits per heavy atom. The van der Waals surface area contributed by atoms with Gasteiger partial charge in [-0.05, 0) is 30.5 Å². The number of hydrogen-bond donors (Lipinski definition) is 1. The highest BCUT2D eigenvalue weighted by atomic mass is 16.5. The van der Waals surface area contributed by atoms with Crippen LogP contribution in [0.3, 0.4) is 0 Å². The van der Waals surface area contributed by atoms with Crippen molar-refractivity contribution in [2.75, 3.05) is 6.61 Å². The van der Waals surface area contributed by atoms with Crippen molar-refractivity contribution in [3.63, 3.8) is 0 Å². The van der Waals surface area contributed by atoms with Gasteiger partial charge in [0, 0.05) is 0 Å². The zero-order valence-electron chi connectivity index (χ0n) is 9.77. The normalized spacial score (nSPS) is 12.1. The van der Waals surface area contributed by atoms with Gasteiger partial charge < -0.3 is 9.84 Å². The summed E-state index contributed by atoms with van der Waals surface area (Å²) < 4.78 is 5.51. The van der Waals surface area contributed by atoms with E-state index in [2.05, 4.69) is 13.8 Å². The highest BCUT2D eigenvalue weighted by molar-refractivity contribution is 5.87. The quantitative estimate of drug-likeness (QED) is 0.804. The maximum Gasteiger partial charge on any atom is 0.335 e. The zero-order valence-corrected chi connectivity index (χ0v) is 9.77. The van der Waals surface area contributed by atoms with Crippen molar-refractivity contribution in [3.8, 4) is 5.75 Å². The second-order valence-corrected chi connectivity index (χ2v) is 3.98. The predicted octanol–water partition coefficient (Wildman–Crippen LogP) is 3.20. The molecule has 0 saturated heterocycles. The Hall–Kier alpha value is -1.51. The van der Waals surface area contributed by atoms with E-state index in [1.165, 1.54) is 0 Å². The minimum absolute atomic E-state index is 0.265. The Bertz CT molecular complexity index is 347. The highest BCUT2D eigenvalue weighted by Gasteiger charge is 2.04. The smallest absolute Gasteiger partial charge is 0.335 e. The van der Waals surface area contributed by atoms with Crippen molar-refractivity contribution in [1.82, 2.24) is 0 Å². The van der Waals surface area contributed by atoms with Crippen LogP contribution in [-0.4, -0.2) is 17.7 Å². The van der Waals surface area contributed by atoms with Crippen molar-refractivity contribution in [2.24, 2.45) is 5.92 Å². The summed E-state index contributed by atoms with van der Waals surface area (Å²) in [6, 6.07) is 6.59. The van der Waals surface area contributed by atoms with Gasteiger partial charge in [0.2, 0.25) is 0 Å². The molecule has 1 aromatic rings. The fourth-order valence-corrected chi connectivity index (χ4v) is 1.30. The summed E-state index contributed by atoms with van der Waals surface area (Å²) in [6.45, 7) is 4.96. The van der Waals surface area contributed by atoms with Crippen molar-refractivity contribution in [3.05, 3.63) is 29.8 Å². The molecule has 1 aromatic carbocycles. The third-order valence-corrected chi connectivity index (χ3v) is 2.66. The number of carboxylic acids is 1. The number of carboxylic acid groups (broad SMARTS) is 1. The molecule has 1 rings (SSSR count). The molecule has 0 bridgehead atoms. The predicted molar refractivity (Wildman–Crippen MR) is 63.0 cm³/mol. The van der Waals surface area contributed by atoms with Gasteiger partial charge in [0.05, 0.1) is 12.2 Å². The van der Waals surface area contributed by atoms with E-state index < -0.39 is 5.97 Å². The lowest BCUT2D eigenvalue weighted by molar-refractivity contribution is 0.0696. The standard InChI is InChI=1S/C13H18O3/c1-3-10(2)7-8-16-12-6-4-5-11(9-12)13(14)15/h4-6,9-10H,3,7-8H2,1-2H3,(H,14,15). The SMILES string of the molecule is CCC(C)CCOc1cccc(C(=O)O)c1. The fraction of sp³-hybridized carbons (Fsp3) is 0.462. The molecule has 1 N–H and O–H groups in total. The van der Waals surface area contributed by atoms with Crippen LogP contribution in [0.5, 0.6) is 5.75 Å². The first kappa shape index (κ1) is 12.6. The molecule has 3 nitrogen and oxygen atoms in total. The van der Waals surface area contributed by atoms with Crippen LogP contribution in [0.1, 0.15) is 37.0 Å². The number of benzene rings is 1. The Balaban J connectivity index is 2.48. The third kappa shape index (κ3) is 3.93. The van der Waals surface area contributed by atoms with Gasteiger partial charge in [0.1, 0.15) is 5.75 Å². The molecular weight excluding hydrogens is 204 g/mol. The Morgan fingerprint density at radius 3 is 2.88 bits per heavy atom. The summed E-state index contributed by atoms with van der Waals surface area (Å²) in [5.41, 5.74) is 0.265. The molecule has 16 heavy (non-hydrogen) atoms. The molecule has 0 saturated carbocycles. The van der Waals surface area contributed by atoms with E-state index >= 15 is 0 Å². The van der Waals surface area contributed by atoms with E-state index in [4.69, 9.17) is 9.84 Å². The molecule has 0 fully saturated rings. The van der Waals surface area contributed by atoms with Gasteiger partial charge in [-0.25, -0.2) is 4.79 Å². The van der Waals surface area contributed by atoms with Crippen molar-refractivity contribution in [1.29, 1.82) is 0 Å². The average Bonchev–Trinajstić information content (AvgIpc) is 2.29. The number of carbonyl (C=O) groups is 1. The lowest BCUT2D eigenvalue weighted by Crippen LogP contribution is -2.04. The van der Waals surface area contributed by atoms with Crippen LogP contribution in [0.15, 0.2) is 24.3 Å². The molecule has 0 spiro atoms. The van der Waals surface area contributed by atoms with Crippen LogP contribution >= 0.6 is 0 Å². The molecule has 0 aliphatic rings. The molecule has 0 aliphatic carbocycles. The summed E-state index contributed by atoms with van der Waals surface area (Å²) in [4.78, 5) is 10.7. The van der Waals surface area contributed by atoms with E-state index in [-0.39, 0.29) is 5.56 Å². The van der Waals surface area contributed by atoms with E-state index in [1.807, 2.05) is 0 Å². The number of aromatic carboxylic acids is 1. The minimum Gasteiger partial charge on any atom is -0.494 e. The first-order valence-corrected chi connectivity index (χ1v) is 5.59. The molecule has 1 unspecified atom stereocenters. The second kappa shape index (κ2) is 6.16. The van der Waals surface area contributed by atoms with Gasteiger partial charge in [-0.3, -0.25) is 0 Å². The van der Waals surface area contributed by atoms with Crippen LogP contribution in [-0.2, 0) is 0 Å². The van der Waals surface area contributed by atoms with Gasteiger partial charge in [0.25, 0.3) is 0 Å². The Morgan fingerprint density at radius 2 is 2.25 bits per heavy atom. The molecule has 0 amide bonds. The van der Waals surface area contributed by atoms with Crippen molar-refractivity contribution in [2.45, 2.75) is 26.7 Å². The van der Waals surface area contributed by atoms with Gasteiger partial charge in [-0.1, -0.05) is 26.3 Å². The molecule has 0 aromatic heterocycles. The van der Waals surface area contributed by atoms with Gasteiger partial charge in [0.15, 0.2) is 0 Å². The first-order valence-electron chi connectivity index (χ1n) is 5.59. The molecule has 0 radical (unpaired) electrons. The Labute approximate surface area is 96.1 Å². The molecular formula is C13H18O3. The summed E-state index contributed by atoms with van der Waals surface area (Å²) in [5, 5.41) is 8.81. The second-order valence-electron chi connectivity index (χ2n) is 3.98.